The van der Waals surface area contributed by atoms with Gasteiger partial charge in [-0.2, -0.15) is 0 Å². The van der Waals surface area contributed by atoms with Crippen LogP contribution in [0.3, 0.4) is 0 Å². The van der Waals surface area contributed by atoms with Crippen LogP contribution < -0.4 is 9.47 Å². The second kappa shape index (κ2) is 7.96. The van der Waals surface area contributed by atoms with Gasteiger partial charge in [-0.1, -0.05) is 30.3 Å². The predicted molar refractivity (Wildman–Crippen MR) is 86.1 cm³/mol. The Balaban J connectivity index is 2.39. The van der Waals surface area contributed by atoms with Gasteiger partial charge in [-0.05, 0) is 19.1 Å². The lowest BCUT2D eigenvalue weighted by atomic mass is 10.1. The van der Waals surface area contributed by atoms with E-state index in [1.54, 1.807) is 37.3 Å². The molecule has 7 nitrogen and oxygen atoms in total. The zero-order valence-electron chi connectivity index (χ0n) is 13.3. The van der Waals surface area contributed by atoms with Gasteiger partial charge >= 0.3 is 11.7 Å². The van der Waals surface area contributed by atoms with Crippen molar-refractivity contribution in [2.45, 2.75) is 13.0 Å². The van der Waals surface area contributed by atoms with E-state index in [1.807, 2.05) is 0 Å². The summed E-state index contributed by atoms with van der Waals surface area (Å²) in [5, 5.41) is 11.3. The molecule has 7 heteroatoms. The summed E-state index contributed by atoms with van der Waals surface area (Å²) in [4.78, 5) is 22.9. The molecule has 0 spiro atoms. The summed E-state index contributed by atoms with van der Waals surface area (Å²) in [5.41, 5.74) is 0.251. The monoisotopic (exact) mass is 331 g/mol. The Kier molecular flexibility index (Phi) is 5.73. The van der Waals surface area contributed by atoms with Gasteiger partial charge in [0.05, 0.1) is 24.7 Å². The third-order valence-electron chi connectivity index (χ3n) is 3.21. The van der Waals surface area contributed by atoms with Gasteiger partial charge in [-0.3, -0.25) is 10.1 Å². The highest BCUT2D eigenvalue weighted by molar-refractivity contribution is 5.77. The number of nitro benzene ring substituents is 1. The average Bonchev–Trinajstić information content (AvgIpc) is 2.60. The second-order valence-corrected chi connectivity index (χ2v) is 4.75. The van der Waals surface area contributed by atoms with Crippen LogP contribution in [0.4, 0.5) is 5.69 Å². The van der Waals surface area contributed by atoms with Crippen molar-refractivity contribution in [1.29, 1.82) is 0 Å². The molecule has 0 aliphatic rings. The van der Waals surface area contributed by atoms with Gasteiger partial charge in [0, 0.05) is 5.56 Å². The molecule has 0 N–H and O–H groups in total. The number of methoxy groups -OCH3 is 1. The molecule has 0 fully saturated rings. The molecule has 0 unspecified atom stereocenters. The van der Waals surface area contributed by atoms with Gasteiger partial charge in [0.2, 0.25) is 6.10 Å². The van der Waals surface area contributed by atoms with Crippen LogP contribution in [-0.4, -0.2) is 24.6 Å². The summed E-state index contributed by atoms with van der Waals surface area (Å²) in [6.45, 7) is 1.85. The van der Waals surface area contributed by atoms with E-state index < -0.39 is 17.0 Å². The third-order valence-corrected chi connectivity index (χ3v) is 3.21. The average molecular weight is 331 g/mol. The molecule has 1 atom stereocenters. The topological polar surface area (TPSA) is 87.9 Å². The Bertz CT molecular complexity index is 716. The van der Waals surface area contributed by atoms with Crippen LogP contribution in [0.15, 0.2) is 48.5 Å². The molecule has 0 aliphatic heterocycles. The van der Waals surface area contributed by atoms with Gasteiger partial charge in [0.25, 0.3) is 0 Å². The molecule has 2 aromatic rings. The zero-order valence-corrected chi connectivity index (χ0v) is 13.3. The van der Waals surface area contributed by atoms with Crippen molar-refractivity contribution in [1.82, 2.24) is 0 Å². The molecule has 0 aliphatic carbocycles. The molecule has 0 amide bonds. The molecule has 0 saturated carbocycles. The van der Waals surface area contributed by atoms with Gasteiger partial charge < -0.3 is 14.2 Å². The fourth-order valence-corrected chi connectivity index (χ4v) is 2.09. The zero-order chi connectivity index (χ0) is 17.5. The molecule has 0 radical (unpaired) electrons. The number of hydrogen-bond donors (Lipinski definition) is 0. The standard InChI is InChI=1S/C17H17NO6/c1-3-23-17(19)16(12-7-5-4-6-8-12)24-15-10-9-13(22-2)11-14(15)18(20)21/h4-11,16H,3H2,1-2H3/t16-/m1/s1. The summed E-state index contributed by atoms with van der Waals surface area (Å²) >= 11 is 0. The molecule has 126 valence electrons. The number of carbonyl (C=O) groups excluding carboxylic acids is 1. The summed E-state index contributed by atoms with van der Waals surface area (Å²) in [6.07, 6.45) is -1.10. The van der Waals surface area contributed by atoms with Crippen LogP contribution in [0, 0.1) is 10.1 Å². The normalized spacial score (nSPS) is 11.4. The van der Waals surface area contributed by atoms with E-state index >= 15 is 0 Å². The summed E-state index contributed by atoms with van der Waals surface area (Å²) in [6, 6.07) is 12.8. The lowest BCUT2D eigenvalue weighted by molar-refractivity contribution is -0.386. The van der Waals surface area contributed by atoms with Gasteiger partial charge in [0.15, 0.2) is 5.75 Å². The van der Waals surface area contributed by atoms with Crippen LogP contribution >= 0.6 is 0 Å². The van der Waals surface area contributed by atoms with E-state index in [0.29, 0.717) is 11.3 Å². The molecular weight excluding hydrogens is 314 g/mol. The third kappa shape index (κ3) is 4.01. The van der Waals surface area contributed by atoms with Crippen LogP contribution in [0.1, 0.15) is 18.6 Å². The highest BCUT2D eigenvalue weighted by Crippen LogP contribution is 2.34. The number of ether oxygens (including phenoxy) is 3. The van der Waals surface area contributed by atoms with Crippen molar-refractivity contribution in [2.75, 3.05) is 13.7 Å². The number of esters is 1. The minimum Gasteiger partial charge on any atom is -0.496 e. The van der Waals surface area contributed by atoms with E-state index in [2.05, 4.69) is 0 Å². The van der Waals surface area contributed by atoms with E-state index in [9.17, 15) is 14.9 Å². The van der Waals surface area contributed by atoms with Crippen molar-refractivity contribution in [3.8, 4) is 11.5 Å². The van der Waals surface area contributed by atoms with Crippen molar-refractivity contribution >= 4 is 11.7 Å². The lowest BCUT2D eigenvalue weighted by Gasteiger charge is -2.18. The first-order valence-electron chi connectivity index (χ1n) is 7.27. The van der Waals surface area contributed by atoms with Crippen molar-refractivity contribution in [2.24, 2.45) is 0 Å². The summed E-state index contributed by atoms with van der Waals surface area (Å²) in [7, 11) is 1.41. The molecular formula is C17H17NO6. The highest BCUT2D eigenvalue weighted by Gasteiger charge is 2.27. The Hall–Kier alpha value is -3.09. The number of carbonyl (C=O) groups is 1. The first-order chi connectivity index (χ1) is 11.6. The highest BCUT2D eigenvalue weighted by atomic mass is 16.6. The fraction of sp³-hybridized carbons (Fsp3) is 0.235. The fourth-order valence-electron chi connectivity index (χ4n) is 2.09. The van der Waals surface area contributed by atoms with E-state index in [4.69, 9.17) is 14.2 Å². The first kappa shape index (κ1) is 17.3. The molecule has 0 aromatic heterocycles. The maximum atomic E-state index is 12.2. The maximum Gasteiger partial charge on any atom is 0.352 e. The van der Waals surface area contributed by atoms with Crippen molar-refractivity contribution in [3.05, 3.63) is 64.2 Å². The second-order valence-electron chi connectivity index (χ2n) is 4.75. The lowest BCUT2D eigenvalue weighted by Crippen LogP contribution is -2.21. The van der Waals surface area contributed by atoms with Crippen LogP contribution in [-0.2, 0) is 9.53 Å². The Morgan fingerprint density at radius 1 is 1.21 bits per heavy atom. The predicted octanol–water partition coefficient (Wildman–Crippen LogP) is 3.29. The van der Waals surface area contributed by atoms with Crippen LogP contribution in [0.2, 0.25) is 0 Å². The summed E-state index contributed by atoms with van der Waals surface area (Å²) in [5.74, 6) is -0.335. The molecule has 0 saturated heterocycles. The molecule has 0 bridgehead atoms. The van der Waals surface area contributed by atoms with Crippen LogP contribution in [0.5, 0.6) is 11.5 Å². The maximum absolute atomic E-state index is 12.2. The van der Waals surface area contributed by atoms with Gasteiger partial charge in [0.1, 0.15) is 5.75 Å². The van der Waals surface area contributed by atoms with Crippen molar-refractivity contribution < 1.29 is 23.9 Å². The first-order valence-corrected chi connectivity index (χ1v) is 7.27. The van der Waals surface area contributed by atoms with E-state index in [-0.39, 0.29) is 18.0 Å². The largest absolute Gasteiger partial charge is 0.496 e. The van der Waals surface area contributed by atoms with Gasteiger partial charge in [-0.15, -0.1) is 0 Å². The van der Waals surface area contributed by atoms with Crippen LogP contribution in [0.25, 0.3) is 0 Å². The quantitative estimate of drug-likeness (QED) is 0.439. The number of rotatable bonds is 7. The number of nitro groups is 1. The number of nitrogens with zero attached hydrogens (tertiary/aromatic N) is 1. The Labute approximate surface area is 138 Å². The smallest absolute Gasteiger partial charge is 0.352 e. The Morgan fingerprint density at radius 2 is 1.92 bits per heavy atom. The molecule has 0 heterocycles. The molecule has 2 rings (SSSR count). The van der Waals surface area contributed by atoms with Gasteiger partial charge in [-0.25, -0.2) is 4.79 Å². The van der Waals surface area contributed by atoms with E-state index in [1.165, 1.54) is 25.3 Å². The Morgan fingerprint density at radius 3 is 2.50 bits per heavy atom. The molecule has 24 heavy (non-hydrogen) atoms. The van der Waals surface area contributed by atoms with Crippen molar-refractivity contribution in [3.63, 3.8) is 0 Å². The minimum atomic E-state index is -1.10. The summed E-state index contributed by atoms with van der Waals surface area (Å²) < 4.78 is 15.6. The molecule has 2 aromatic carbocycles. The van der Waals surface area contributed by atoms with E-state index in [0.717, 1.165) is 0 Å². The SMILES string of the molecule is CCOC(=O)[C@H](Oc1ccc(OC)cc1[N+](=O)[O-])c1ccccc1. The minimum absolute atomic E-state index is 0.0392. The number of hydrogen-bond acceptors (Lipinski definition) is 6. The number of benzene rings is 2.